The fraction of sp³-hybridized carbons (Fsp3) is 0.364. The van der Waals surface area contributed by atoms with E-state index in [0.29, 0.717) is 5.92 Å². The van der Waals surface area contributed by atoms with Crippen molar-refractivity contribution in [1.29, 1.82) is 0 Å². The van der Waals surface area contributed by atoms with Crippen LogP contribution in [0.15, 0.2) is 48.5 Å². The molecule has 0 spiro atoms. The number of rotatable bonds is 8. The third-order valence-corrected chi connectivity index (χ3v) is 4.66. The largest absolute Gasteiger partial charge is 0.497 e. The number of hydrogen-bond acceptors (Lipinski definition) is 3. The van der Waals surface area contributed by atoms with E-state index in [4.69, 9.17) is 4.74 Å². The van der Waals surface area contributed by atoms with Gasteiger partial charge >= 0.3 is 0 Å². The van der Waals surface area contributed by atoms with Gasteiger partial charge in [-0.15, -0.1) is 0 Å². The summed E-state index contributed by atoms with van der Waals surface area (Å²) >= 11 is 0. The molecule has 144 valence electrons. The monoisotopic (exact) mass is 368 g/mol. The van der Waals surface area contributed by atoms with Crippen molar-refractivity contribution in [3.63, 3.8) is 0 Å². The van der Waals surface area contributed by atoms with Crippen LogP contribution in [-0.2, 0) is 9.59 Å². The zero-order chi connectivity index (χ0) is 19.8. The van der Waals surface area contributed by atoms with E-state index in [0.717, 1.165) is 29.0 Å². The summed E-state index contributed by atoms with van der Waals surface area (Å²) in [6.45, 7) is 5.72. The van der Waals surface area contributed by atoms with E-state index in [1.54, 1.807) is 7.11 Å². The fourth-order valence-corrected chi connectivity index (χ4v) is 2.98. The minimum atomic E-state index is -0.399. The van der Waals surface area contributed by atoms with Crippen LogP contribution < -0.4 is 15.4 Å². The molecule has 2 N–H and O–H groups in total. The lowest BCUT2D eigenvalue weighted by molar-refractivity contribution is -0.120. The van der Waals surface area contributed by atoms with Gasteiger partial charge in [-0.25, -0.2) is 0 Å². The number of carbonyl (C=O) groups excluding carboxylic acids is 2. The summed E-state index contributed by atoms with van der Waals surface area (Å²) in [5.41, 5.74) is 2.80. The van der Waals surface area contributed by atoms with Crippen LogP contribution in [0.25, 0.3) is 0 Å². The van der Waals surface area contributed by atoms with Crippen molar-refractivity contribution in [2.75, 3.05) is 12.4 Å². The first kappa shape index (κ1) is 20.5. The lowest BCUT2D eigenvalue weighted by Crippen LogP contribution is -2.30. The summed E-state index contributed by atoms with van der Waals surface area (Å²) in [4.78, 5) is 24.3. The topological polar surface area (TPSA) is 67.4 Å². The van der Waals surface area contributed by atoms with Crippen LogP contribution in [-0.4, -0.2) is 18.9 Å². The third kappa shape index (κ3) is 5.84. The number of anilines is 1. The maximum atomic E-state index is 12.7. The highest BCUT2D eigenvalue weighted by Gasteiger charge is 2.18. The van der Waals surface area contributed by atoms with Gasteiger partial charge < -0.3 is 15.4 Å². The molecular formula is C22H28N2O3. The SMILES string of the molecule is CCC(C)c1ccccc1NC(=O)CC(NC(C)=O)c1ccc(OC)cc1. The van der Waals surface area contributed by atoms with Crippen molar-refractivity contribution in [2.24, 2.45) is 0 Å². The second-order valence-corrected chi connectivity index (χ2v) is 6.68. The number of amides is 2. The van der Waals surface area contributed by atoms with E-state index in [1.807, 2.05) is 48.5 Å². The van der Waals surface area contributed by atoms with Crippen LogP contribution in [0.1, 0.15) is 56.7 Å². The minimum Gasteiger partial charge on any atom is -0.497 e. The molecule has 0 aliphatic heterocycles. The molecule has 5 heteroatoms. The van der Waals surface area contributed by atoms with Crippen LogP contribution in [0.3, 0.4) is 0 Å². The molecule has 0 heterocycles. The molecule has 0 saturated carbocycles. The normalized spacial score (nSPS) is 12.7. The summed E-state index contributed by atoms with van der Waals surface area (Å²) in [6, 6.07) is 14.8. The Morgan fingerprint density at radius 3 is 2.33 bits per heavy atom. The molecule has 2 aromatic carbocycles. The molecule has 0 aromatic heterocycles. The molecule has 2 aromatic rings. The second-order valence-electron chi connectivity index (χ2n) is 6.68. The Morgan fingerprint density at radius 1 is 1.07 bits per heavy atom. The number of ether oxygens (including phenoxy) is 1. The van der Waals surface area contributed by atoms with Gasteiger partial charge in [0.2, 0.25) is 11.8 Å². The average Bonchev–Trinajstić information content (AvgIpc) is 2.67. The Hall–Kier alpha value is -2.82. The Labute approximate surface area is 161 Å². The quantitative estimate of drug-likeness (QED) is 0.725. The first-order valence-electron chi connectivity index (χ1n) is 9.24. The summed E-state index contributed by atoms with van der Waals surface area (Å²) in [7, 11) is 1.60. The molecule has 0 aliphatic carbocycles. The lowest BCUT2D eigenvalue weighted by atomic mass is 9.96. The standard InChI is InChI=1S/C22H28N2O3/c1-5-15(2)19-8-6-7-9-20(19)24-22(26)14-21(23-16(3)25)17-10-12-18(27-4)13-11-17/h6-13,15,21H,5,14H2,1-4H3,(H,23,25)(H,24,26). The Bertz CT molecular complexity index is 771. The Balaban J connectivity index is 2.15. The van der Waals surface area contributed by atoms with Crippen LogP contribution in [0.5, 0.6) is 5.75 Å². The molecule has 0 saturated heterocycles. The maximum absolute atomic E-state index is 12.7. The van der Waals surface area contributed by atoms with Gasteiger partial charge in [-0.1, -0.05) is 44.2 Å². The highest BCUT2D eigenvalue weighted by Crippen LogP contribution is 2.27. The molecule has 27 heavy (non-hydrogen) atoms. The molecular weight excluding hydrogens is 340 g/mol. The van der Waals surface area contributed by atoms with E-state index < -0.39 is 6.04 Å². The van der Waals surface area contributed by atoms with Crippen LogP contribution in [0.4, 0.5) is 5.69 Å². The van der Waals surface area contributed by atoms with Gasteiger partial charge in [-0.05, 0) is 41.7 Å². The molecule has 0 radical (unpaired) electrons. The first-order valence-corrected chi connectivity index (χ1v) is 9.24. The van der Waals surface area contributed by atoms with Gasteiger partial charge in [-0.2, -0.15) is 0 Å². The second kappa shape index (κ2) is 9.76. The third-order valence-electron chi connectivity index (χ3n) is 4.66. The van der Waals surface area contributed by atoms with E-state index in [-0.39, 0.29) is 18.2 Å². The number of para-hydroxylation sites is 1. The summed E-state index contributed by atoms with van der Waals surface area (Å²) in [6.07, 6.45) is 1.15. The summed E-state index contributed by atoms with van der Waals surface area (Å²) in [5, 5.41) is 5.87. The first-order chi connectivity index (χ1) is 12.9. The molecule has 2 unspecified atom stereocenters. The number of methoxy groups -OCH3 is 1. The lowest BCUT2D eigenvalue weighted by Gasteiger charge is -2.20. The van der Waals surface area contributed by atoms with Crippen molar-refractivity contribution in [3.05, 3.63) is 59.7 Å². The van der Waals surface area contributed by atoms with Crippen molar-refractivity contribution < 1.29 is 14.3 Å². The van der Waals surface area contributed by atoms with E-state index in [1.165, 1.54) is 6.92 Å². The zero-order valence-electron chi connectivity index (χ0n) is 16.4. The number of carbonyl (C=O) groups is 2. The number of nitrogens with one attached hydrogen (secondary N) is 2. The van der Waals surface area contributed by atoms with Gasteiger partial charge in [0.05, 0.1) is 19.6 Å². The van der Waals surface area contributed by atoms with Gasteiger partial charge in [0.1, 0.15) is 5.75 Å². The van der Waals surface area contributed by atoms with Crippen molar-refractivity contribution >= 4 is 17.5 Å². The van der Waals surface area contributed by atoms with Crippen molar-refractivity contribution in [2.45, 2.75) is 45.6 Å². The molecule has 0 aliphatic rings. The van der Waals surface area contributed by atoms with Gasteiger partial charge in [0.25, 0.3) is 0 Å². The predicted molar refractivity (Wildman–Crippen MR) is 108 cm³/mol. The van der Waals surface area contributed by atoms with Gasteiger partial charge in [0.15, 0.2) is 0 Å². The number of benzene rings is 2. The average molecular weight is 368 g/mol. The van der Waals surface area contributed by atoms with E-state index in [2.05, 4.69) is 24.5 Å². The van der Waals surface area contributed by atoms with Gasteiger partial charge in [-0.3, -0.25) is 9.59 Å². The molecule has 2 rings (SSSR count). The Kier molecular flexibility index (Phi) is 7.41. The molecule has 5 nitrogen and oxygen atoms in total. The minimum absolute atomic E-state index is 0.139. The van der Waals surface area contributed by atoms with Crippen molar-refractivity contribution in [3.8, 4) is 5.75 Å². The smallest absolute Gasteiger partial charge is 0.226 e. The van der Waals surface area contributed by atoms with Crippen LogP contribution >= 0.6 is 0 Å². The molecule has 0 bridgehead atoms. The number of hydrogen-bond donors (Lipinski definition) is 2. The van der Waals surface area contributed by atoms with Crippen molar-refractivity contribution in [1.82, 2.24) is 5.32 Å². The van der Waals surface area contributed by atoms with Crippen LogP contribution in [0.2, 0.25) is 0 Å². The predicted octanol–water partition coefficient (Wildman–Crippen LogP) is 4.41. The highest BCUT2D eigenvalue weighted by molar-refractivity contribution is 5.92. The molecule has 0 fully saturated rings. The van der Waals surface area contributed by atoms with Gasteiger partial charge in [0, 0.05) is 12.6 Å². The van der Waals surface area contributed by atoms with E-state index in [9.17, 15) is 9.59 Å². The van der Waals surface area contributed by atoms with E-state index >= 15 is 0 Å². The molecule has 2 amide bonds. The summed E-state index contributed by atoms with van der Waals surface area (Å²) < 4.78 is 5.17. The maximum Gasteiger partial charge on any atom is 0.226 e. The Morgan fingerprint density at radius 2 is 1.74 bits per heavy atom. The van der Waals surface area contributed by atoms with Crippen LogP contribution in [0, 0.1) is 0 Å². The zero-order valence-corrected chi connectivity index (χ0v) is 16.4. The fourth-order valence-electron chi connectivity index (χ4n) is 2.98. The summed E-state index contributed by atoms with van der Waals surface area (Å²) in [5.74, 6) is 0.769. The highest BCUT2D eigenvalue weighted by atomic mass is 16.5. The molecule has 2 atom stereocenters.